The van der Waals surface area contributed by atoms with Crippen LogP contribution in [0.5, 0.6) is 0 Å². The predicted molar refractivity (Wildman–Crippen MR) is 73.8 cm³/mol. The normalized spacial score (nSPS) is 9.95. The Morgan fingerprint density at radius 3 is 2.48 bits per heavy atom. The van der Waals surface area contributed by atoms with Crippen molar-refractivity contribution < 1.29 is 22.9 Å². The molecule has 9 heteroatoms. The summed E-state index contributed by atoms with van der Waals surface area (Å²) in [5.74, 6) is -2.08. The molecule has 1 aromatic heterocycles. The van der Waals surface area contributed by atoms with Gasteiger partial charge in [-0.2, -0.15) is 0 Å². The third-order valence-electron chi connectivity index (χ3n) is 2.69. The fourth-order valence-corrected chi connectivity index (χ4v) is 1.96. The van der Waals surface area contributed by atoms with Gasteiger partial charge in [-0.25, -0.2) is 9.18 Å². The summed E-state index contributed by atoms with van der Waals surface area (Å²) in [7, 11) is -1.00. The van der Waals surface area contributed by atoms with Crippen molar-refractivity contribution in [2.24, 2.45) is 0 Å². The van der Waals surface area contributed by atoms with E-state index in [-0.39, 0.29) is 16.0 Å². The number of carbonyl (C=O) groups is 1. The second-order valence-corrected chi connectivity index (χ2v) is 4.24. The number of halogens is 4. The highest BCUT2D eigenvalue weighted by atomic mass is 35.5. The van der Waals surface area contributed by atoms with Crippen LogP contribution in [-0.4, -0.2) is 23.5 Å². The number of aromatic carboxylic acids is 1. The van der Waals surface area contributed by atoms with Crippen LogP contribution in [0.3, 0.4) is 0 Å². The number of pyridine rings is 1. The van der Waals surface area contributed by atoms with Crippen molar-refractivity contribution >= 4 is 36.3 Å². The summed E-state index contributed by atoms with van der Waals surface area (Å²) in [6.45, 7) is 2.23. The lowest BCUT2D eigenvalue weighted by Gasteiger charge is -2.10. The standard InChI is InChI=1S/C12H9ClFNO3.BF2/c1-2-15-5-7(12(17)18)11(16)6-3-9(14)8(13)4-10(6)15;2-1-3/h3-5H,2H2,1H3,(H,17,18);. The number of carboxylic acid groups (broad SMARTS) is 1. The van der Waals surface area contributed by atoms with Crippen LogP contribution < -0.4 is 5.43 Å². The van der Waals surface area contributed by atoms with E-state index >= 15 is 0 Å². The Kier molecular flexibility index (Phi) is 5.84. The van der Waals surface area contributed by atoms with Gasteiger partial charge in [-0.15, -0.1) is 0 Å². The first kappa shape index (κ1) is 17.1. The van der Waals surface area contributed by atoms with Gasteiger partial charge in [-0.3, -0.25) is 13.4 Å². The summed E-state index contributed by atoms with van der Waals surface area (Å²) in [6.07, 6.45) is 1.24. The molecule has 0 fully saturated rings. The Balaban J connectivity index is 0.000000677. The Bertz CT molecular complexity index is 736. The summed E-state index contributed by atoms with van der Waals surface area (Å²) in [5, 5.41) is 8.84. The molecule has 0 unspecified atom stereocenters. The smallest absolute Gasteiger partial charge is 0.477 e. The van der Waals surface area contributed by atoms with Crippen LogP contribution in [0.25, 0.3) is 10.9 Å². The molecular weight excluding hydrogens is 309 g/mol. The van der Waals surface area contributed by atoms with Crippen molar-refractivity contribution in [1.29, 1.82) is 0 Å². The molecule has 0 bridgehead atoms. The topological polar surface area (TPSA) is 59.3 Å². The number of hydrogen-bond acceptors (Lipinski definition) is 2. The van der Waals surface area contributed by atoms with E-state index in [1.54, 1.807) is 11.5 Å². The lowest BCUT2D eigenvalue weighted by atomic mass is 10.1. The summed E-state index contributed by atoms with van der Waals surface area (Å²) >= 11 is 5.66. The highest BCUT2D eigenvalue weighted by molar-refractivity contribution is 6.31. The molecule has 1 heterocycles. The number of aromatic nitrogens is 1. The Morgan fingerprint density at radius 2 is 2.00 bits per heavy atom. The first-order valence-electron chi connectivity index (χ1n) is 5.64. The van der Waals surface area contributed by atoms with Crippen molar-refractivity contribution in [3.63, 3.8) is 0 Å². The third-order valence-corrected chi connectivity index (χ3v) is 2.98. The fourth-order valence-electron chi connectivity index (χ4n) is 1.80. The van der Waals surface area contributed by atoms with Crippen LogP contribution in [0.2, 0.25) is 5.02 Å². The lowest BCUT2D eigenvalue weighted by molar-refractivity contribution is 0.0695. The summed E-state index contributed by atoms with van der Waals surface area (Å²) in [6, 6.07) is 2.29. The molecule has 2 rings (SSSR count). The van der Waals surface area contributed by atoms with Gasteiger partial charge in [0.05, 0.1) is 10.5 Å². The molecule has 0 amide bonds. The van der Waals surface area contributed by atoms with Crippen LogP contribution in [-0.2, 0) is 6.54 Å². The SMILES string of the molecule is CCn1cc(C(=O)O)c(=O)c2cc(F)c(Cl)cc21.F[B]F. The van der Waals surface area contributed by atoms with Gasteiger partial charge in [0.15, 0.2) is 0 Å². The highest BCUT2D eigenvalue weighted by Gasteiger charge is 2.15. The van der Waals surface area contributed by atoms with E-state index in [4.69, 9.17) is 16.7 Å². The molecule has 0 aliphatic heterocycles. The second-order valence-electron chi connectivity index (χ2n) is 3.83. The average Bonchev–Trinajstić information content (AvgIpc) is 2.42. The maximum absolute atomic E-state index is 13.4. The van der Waals surface area contributed by atoms with Crippen LogP contribution >= 0.6 is 11.6 Å². The molecule has 4 nitrogen and oxygen atoms in total. The number of fused-ring (bicyclic) bond motifs is 1. The number of hydrogen-bond donors (Lipinski definition) is 1. The largest absolute Gasteiger partial charge is 0.577 e. The molecule has 2 aromatic rings. The van der Waals surface area contributed by atoms with Crippen molar-refractivity contribution in [3.05, 3.63) is 45.0 Å². The minimum Gasteiger partial charge on any atom is -0.477 e. The van der Waals surface area contributed by atoms with Gasteiger partial charge >= 0.3 is 13.8 Å². The molecule has 0 saturated carbocycles. The van der Waals surface area contributed by atoms with E-state index in [2.05, 4.69) is 0 Å². The Labute approximate surface area is 123 Å². The first-order chi connectivity index (χ1) is 9.87. The van der Waals surface area contributed by atoms with E-state index in [0.717, 1.165) is 6.07 Å². The van der Waals surface area contributed by atoms with Gasteiger partial charge in [-0.1, -0.05) is 11.6 Å². The van der Waals surface area contributed by atoms with Crippen LogP contribution in [0.1, 0.15) is 17.3 Å². The molecule has 21 heavy (non-hydrogen) atoms. The Morgan fingerprint density at radius 1 is 1.43 bits per heavy atom. The minimum absolute atomic E-state index is 0.0126. The number of nitrogens with zero attached hydrogens (tertiary/aromatic N) is 1. The maximum atomic E-state index is 13.4. The predicted octanol–water partition coefficient (Wildman–Crippen LogP) is 2.97. The molecule has 0 aliphatic carbocycles. The molecule has 111 valence electrons. The molecule has 0 spiro atoms. The molecular formula is C12H9BClF3NO3. The first-order valence-corrected chi connectivity index (χ1v) is 6.02. The van der Waals surface area contributed by atoms with Gasteiger partial charge in [0.2, 0.25) is 5.43 Å². The molecule has 0 aliphatic rings. The van der Waals surface area contributed by atoms with E-state index in [1.165, 1.54) is 12.3 Å². The van der Waals surface area contributed by atoms with Gasteiger partial charge < -0.3 is 9.67 Å². The summed E-state index contributed by atoms with van der Waals surface area (Å²) in [4.78, 5) is 22.8. The summed E-state index contributed by atoms with van der Waals surface area (Å²) in [5.41, 5.74) is -0.678. The number of rotatable bonds is 2. The van der Waals surface area contributed by atoms with Crippen molar-refractivity contribution in [2.75, 3.05) is 0 Å². The summed E-state index contributed by atoms with van der Waals surface area (Å²) < 4.78 is 33.9. The monoisotopic (exact) mass is 318 g/mol. The average molecular weight is 318 g/mol. The van der Waals surface area contributed by atoms with Gasteiger partial charge in [0, 0.05) is 18.1 Å². The molecule has 1 aromatic carbocycles. The second kappa shape index (κ2) is 7.17. The Hall–Kier alpha value is -1.96. The van der Waals surface area contributed by atoms with E-state index < -0.39 is 25.0 Å². The van der Waals surface area contributed by atoms with Gasteiger partial charge in [-0.05, 0) is 19.1 Å². The quantitative estimate of drug-likeness (QED) is 0.866. The molecule has 0 saturated heterocycles. The highest BCUT2D eigenvalue weighted by Crippen LogP contribution is 2.21. The van der Waals surface area contributed by atoms with Gasteiger partial charge in [0.25, 0.3) is 0 Å². The van der Waals surface area contributed by atoms with Crippen molar-refractivity contribution in [3.8, 4) is 0 Å². The molecule has 1 N–H and O–H groups in total. The number of benzene rings is 1. The van der Waals surface area contributed by atoms with E-state index in [0.29, 0.717) is 12.1 Å². The van der Waals surface area contributed by atoms with Crippen molar-refractivity contribution in [1.82, 2.24) is 4.57 Å². The van der Waals surface area contributed by atoms with Crippen LogP contribution in [0, 0.1) is 5.82 Å². The number of aryl methyl sites for hydroxylation is 1. The molecule has 0 atom stereocenters. The zero-order valence-electron chi connectivity index (χ0n) is 10.7. The van der Waals surface area contributed by atoms with Crippen molar-refractivity contribution in [2.45, 2.75) is 13.5 Å². The lowest BCUT2D eigenvalue weighted by Crippen LogP contribution is -2.18. The van der Waals surface area contributed by atoms with Crippen LogP contribution in [0.15, 0.2) is 23.1 Å². The van der Waals surface area contributed by atoms with E-state index in [9.17, 15) is 22.6 Å². The zero-order valence-corrected chi connectivity index (χ0v) is 11.5. The number of carboxylic acids is 1. The third kappa shape index (κ3) is 3.58. The fraction of sp³-hybridized carbons (Fsp3) is 0.167. The van der Waals surface area contributed by atoms with Crippen LogP contribution in [0.4, 0.5) is 13.0 Å². The molecule has 1 radical (unpaired) electrons. The maximum Gasteiger partial charge on any atom is 0.577 e. The zero-order chi connectivity index (χ0) is 16.2. The van der Waals surface area contributed by atoms with E-state index in [1.807, 2.05) is 0 Å². The minimum atomic E-state index is -1.33. The van der Waals surface area contributed by atoms with Gasteiger partial charge in [0.1, 0.15) is 11.4 Å².